The zero-order chi connectivity index (χ0) is 18.7. The van der Waals surface area contributed by atoms with Crippen LogP contribution < -0.4 is 10.9 Å². The minimum Gasteiger partial charge on any atom is -0.376 e. The van der Waals surface area contributed by atoms with Gasteiger partial charge in [-0.15, -0.1) is 11.3 Å². The molecule has 0 spiro atoms. The maximum atomic E-state index is 13.3. The van der Waals surface area contributed by atoms with E-state index < -0.39 is 0 Å². The number of carbonyl (C=O) groups excluding carboxylic acids is 1. The van der Waals surface area contributed by atoms with Gasteiger partial charge in [-0.2, -0.15) is 0 Å². The summed E-state index contributed by atoms with van der Waals surface area (Å²) in [5.74, 6) is 0.203. The first-order chi connectivity index (χ1) is 12.5. The number of nitrogens with zero attached hydrogens (tertiary/aromatic N) is 2. The van der Waals surface area contributed by atoms with Crippen LogP contribution >= 0.6 is 23.1 Å². The Kier molecular flexibility index (Phi) is 6.37. The van der Waals surface area contributed by atoms with Crippen molar-refractivity contribution in [1.82, 2.24) is 14.9 Å². The molecular weight excluding hydrogens is 370 g/mol. The van der Waals surface area contributed by atoms with E-state index in [4.69, 9.17) is 9.72 Å². The summed E-state index contributed by atoms with van der Waals surface area (Å²) in [4.78, 5) is 31.8. The van der Waals surface area contributed by atoms with Crippen LogP contribution in [0.4, 0.5) is 0 Å². The van der Waals surface area contributed by atoms with Crippen LogP contribution in [0.2, 0.25) is 0 Å². The molecule has 0 aliphatic carbocycles. The molecule has 26 heavy (non-hydrogen) atoms. The average molecular weight is 396 g/mol. The third kappa shape index (κ3) is 3.97. The highest BCUT2D eigenvalue weighted by molar-refractivity contribution is 7.99. The molecule has 3 heterocycles. The van der Waals surface area contributed by atoms with Crippen molar-refractivity contribution in [3.8, 4) is 0 Å². The first-order valence-electron chi connectivity index (χ1n) is 9.09. The first-order valence-corrected chi connectivity index (χ1v) is 10.9. The molecule has 0 bridgehead atoms. The number of fused-ring (bicyclic) bond motifs is 1. The Morgan fingerprint density at radius 3 is 2.92 bits per heavy atom. The monoisotopic (exact) mass is 395 g/mol. The number of hydrogen-bond acceptors (Lipinski definition) is 6. The van der Waals surface area contributed by atoms with Gasteiger partial charge in [-0.25, -0.2) is 4.98 Å². The lowest BCUT2D eigenvalue weighted by Gasteiger charge is -2.16. The molecule has 0 saturated carbocycles. The summed E-state index contributed by atoms with van der Waals surface area (Å²) < 4.78 is 7.45. The molecule has 3 rings (SSSR count). The third-order valence-corrected chi connectivity index (χ3v) is 6.57. The highest BCUT2D eigenvalue weighted by Gasteiger charge is 2.23. The molecule has 2 aromatic rings. The Hall–Kier alpha value is -1.38. The van der Waals surface area contributed by atoms with Gasteiger partial charge in [-0.3, -0.25) is 14.2 Å². The summed E-state index contributed by atoms with van der Waals surface area (Å²) >= 11 is 2.88. The van der Waals surface area contributed by atoms with E-state index in [0.29, 0.717) is 18.2 Å². The highest BCUT2D eigenvalue weighted by Crippen LogP contribution is 2.30. The Bertz CT molecular complexity index is 853. The number of amides is 1. The van der Waals surface area contributed by atoms with Gasteiger partial charge in [0.15, 0.2) is 5.16 Å². The largest absolute Gasteiger partial charge is 0.376 e. The van der Waals surface area contributed by atoms with E-state index in [1.165, 1.54) is 11.8 Å². The number of carbonyl (C=O) groups is 1. The number of hydrogen-bond donors (Lipinski definition) is 1. The maximum Gasteiger partial charge on any atom is 0.263 e. The number of nitrogens with one attached hydrogen (secondary N) is 1. The molecule has 1 aliphatic rings. The highest BCUT2D eigenvalue weighted by atomic mass is 32.2. The van der Waals surface area contributed by atoms with E-state index >= 15 is 0 Å². The van der Waals surface area contributed by atoms with Gasteiger partial charge in [0.25, 0.3) is 5.56 Å². The number of aryl methyl sites for hydroxylation is 2. The lowest BCUT2D eigenvalue weighted by molar-refractivity contribution is -0.118. The SMILES string of the molecule is CCNC(=O)CSc1nc2sc(C)c(CC)c2c(=O)n1C[C@@H]1CCCO1. The fourth-order valence-corrected chi connectivity index (χ4v) is 5.29. The van der Waals surface area contributed by atoms with Crippen molar-refractivity contribution in [2.75, 3.05) is 18.9 Å². The lowest BCUT2D eigenvalue weighted by Crippen LogP contribution is -2.30. The molecule has 142 valence electrons. The Balaban J connectivity index is 2.02. The summed E-state index contributed by atoms with van der Waals surface area (Å²) in [6, 6.07) is 0. The van der Waals surface area contributed by atoms with Crippen molar-refractivity contribution >= 4 is 39.2 Å². The summed E-state index contributed by atoms with van der Waals surface area (Å²) in [5.41, 5.74) is 1.08. The van der Waals surface area contributed by atoms with Gasteiger partial charge in [-0.05, 0) is 38.7 Å². The van der Waals surface area contributed by atoms with Gasteiger partial charge < -0.3 is 10.1 Å². The fraction of sp³-hybridized carbons (Fsp3) is 0.611. The molecule has 0 aromatic carbocycles. The zero-order valence-corrected chi connectivity index (χ0v) is 17.1. The second-order valence-corrected chi connectivity index (χ2v) is 8.50. The van der Waals surface area contributed by atoms with Gasteiger partial charge in [0.1, 0.15) is 4.83 Å². The number of thiophene rings is 1. The van der Waals surface area contributed by atoms with Crippen LogP contribution in [0.15, 0.2) is 9.95 Å². The van der Waals surface area contributed by atoms with E-state index in [9.17, 15) is 9.59 Å². The van der Waals surface area contributed by atoms with Gasteiger partial charge >= 0.3 is 0 Å². The molecule has 0 radical (unpaired) electrons. The minimum atomic E-state index is -0.0490. The Morgan fingerprint density at radius 2 is 2.27 bits per heavy atom. The van der Waals surface area contributed by atoms with Gasteiger partial charge in [0.2, 0.25) is 5.91 Å². The van der Waals surface area contributed by atoms with Crippen molar-refractivity contribution in [3.63, 3.8) is 0 Å². The Labute approximate surface area is 161 Å². The van der Waals surface area contributed by atoms with E-state index in [0.717, 1.165) is 46.5 Å². The normalized spacial score (nSPS) is 17.1. The maximum absolute atomic E-state index is 13.3. The van der Waals surface area contributed by atoms with Gasteiger partial charge in [-0.1, -0.05) is 18.7 Å². The quantitative estimate of drug-likeness (QED) is 0.576. The van der Waals surface area contributed by atoms with Gasteiger partial charge in [0.05, 0.1) is 23.8 Å². The average Bonchev–Trinajstić information content (AvgIpc) is 3.23. The molecule has 1 aliphatic heterocycles. The molecule has 1 saturated heterocycles. The predicted octanol–water partition coefficient (Wildman–Crippen LogP) is 2.74. The summed E-state index contributed by atoms with van der Waals surface area (Å²) in [5, 5.41) is 4.12. The minimum absolute atomic E-state index is 0.00917. The standard InChI is InChI=1S/C18H25N3O3S2/c1-4-13-11(3)26-16-15(13)17(23)21(9-12-7-6-8-24-12)18(20-16)25-10-14(22)19-5-2/h12H,4-10H2,1-3H3,(H,19,22)/t12-/m0/s1. The van der Waals surface area contributed by atoms with Crippen LogP contribution in [0, 0.1) is 6.92 Å². The Morgan fingerprint density at radius 1 is 1.46 bits per heavy atom. The van der Waals surface area contributed by atoms with Crippen LogP contribution in [-0.4, -0.2) is 40.5 Å². The summed E-state index contributed by atoms with van der Waals surface area (Å²) in [7, 11) is 0. The zero-order valence-electron chi connectivity index (χ0n) is 15.5. The summed E-state index contributed by atoms with van der Waals surface area (Å²) in [6.07, 6.45) is 2.83. The van der Waals surface area contributed by atoms with Crippen LogP contribution in [0.3, 0.4) is 0 Å². The fourth-order valence-electron chi connectivity index (χ4n) is 3.30. The van der Waals surface area contributed by atoms with Crippen molar-refractivity contribution < 1.29 is 9.53 Å². The van der Waals surface area contributed by atoms with E-state index in [2.05, 4.69) is 12.2 Å². The predicted molar refractivity (Wildman–Crippen MR) is 106 cm³/mol. The number of ether oxygens (including phenoxy) is 1. The number of rotatable bonds is 7. The second-order valence-electron chi connectivity index (χ2n) is 6.36. The van der Waals surface area contributed by atoms with E-state index in [1.54, 1.807) is 15.9 Å². The molecular formula is C18H25N3O3S2. The molecule has 1 N–H and O–H groups in total. The third-order valence-electron chi connectivity index (χ3n) is 4.55. The molecule has 8 heteroatoms. The number of aromatic nitrogens is 2. The topological polar surface area (TPSA) is 73.2 Å². The number of thioether (sulfide) groups is 1. The summed E-state index contributed by atoms with van der Waals surface area (Å²) in [6.45, 7) is 7.83. The van der Waals surface area contributed by atoms with Crippen molar-refractivity contribution in [3.05, 3.63) is 20.8 Å². The molecule has 1 atom stereocenters. The van der Waals surface area contributed by atoms with Crippen molar-refractivity contribution in [2.24, 2.45) is 0 Å². The molecule has 0 unspecified atom stereocenters. The van der Waals surface area contributed by atoms with Gasteiger partial charge in [0, 0.05) is 18.0 Å². The molecule has 1 fully saturated rings. The first kappa shape index (κ1) is 19.4. The van der Waals surface area contributed by atoms with E-state index in [-0.39, 0.29) is 23.3 Å². The van der Waals surface area contributed by atoms with E-state index in [1.807, 2.05) is 13.8 Å². The van der Waals surface area contributed by atoms with Crippen molar-refractivity contribution in [1.29, 1.82) is 0 Å². The van der Waals surface area contributed by atoms with Crippen molar-refractivity contribution in [2.45, 2.75) is 57.8 Å². The van der Waals surface area contributed by atoms with Crippen LogP contribution in [0.25, 0.3) is 10.2 Å². The molecule has 2 aromatic heterocycles. The van der Waals surface area contributed by atoms with Crippen LogP contribution in [0.1, 0.15) is 37.1 Å². The second kappa shape index (κ2) is 8.54. The lowest BCUT2D eigenvalue weighted by atomic mass is 10.1. The molecule has 6 nitrogen and oxygen atoms in total. The molecule has 1 amide bonds. The van der Waals surface area contributed by atoms with Crippen LogP contribution in [-0.2, 0) is 22.5 Å². The smallest absolute Gasteiger partial charge is 0.263 e. The van der Waals surface area contributed by atoms with Crippen LogP contribution in [0.5, 0.6) is 0 Å².